The summed E-state index contributed by atoms with van der Waals surface area (Å²) < 4.78 is 7.34. The number of furan rings is 1. The van der Waals surface area contributed by atoms with Crippen molar-refractivity contribution in [1.29, 1.82) is 0 Å². The van der Waals surface area contributed by atoms with E-state index in [0.29, 0.717) is 34.7 Å². The number of para-hydroxylation sites is 2. The minimum atomic E-state index is -0.241. The van der Waals surface area contributed by atoms with Gasteiger partial charge in [0.05, 0.1) is 23.4 Å². The van der Waals surface area contributed by atoms with Crippen LogP contribution < -0.4 is 10.2 Å². The predicted molar refractivity (Wildman–Crippen MR) is 111 cm³/mol. The minimum Gasteiger partial charge on any atom is -0.461 e. The van der Waals surface area contributed by atoms with Crippen LogP contribution in [-0.4, -0.2) is 38.4 Å². The zero-order chi connectivity index (χ0) is 20.4. The van der Waals surface area contributed by atoms with Crippen molar-refractivity contribution in [3.8, 4) is 11.6 Å². The second kappa shape index (κ2) is 8.12. The average molecular weight is 411 g/mol. The van der Waals surface area contributed by atoms with E-state index in [1.165, 1.54) is 11.8 Å². The molecular weight excluding hydrogens is 390 g/mol. The molecule has 1 aliphatic heterocycles. The van der Waals surface area contributed by atoms with Crippen LogP contribution >= 0.6 is 11.8 Å². The number of rotatable bonds is 5. The first kappa shape index (κ1) is 19.3. The number of aromatic nitrogens is 3. The highest BCUT2D eigenvalue weighted by Gasteiger charge is 2.29. The van der Waals surface area contributed by atoms with E-state index in [1.54, 1.807) is 17.2 Å². The van der Waals surface area contributed by atoms with Crippen LogP contribution in [0.5, 0.6) is 0 Å². The number of nitrogens with one attached hydrogen (secondary N) is 1. The second-order valence-electron chi connectivity index (χ2n) is 6.70. The van der Waals surface area contributed by atoms with E-state index in [9.17, 15) is 9.59 Å². The van der Waals surface area contributed by atoms with Crippen LogP contribution in [0.4, 0.5) is 11.4 Å². The molecule has 0 aliphatic carbocycles. The molecule has 4 rings (SSSR count). The van der Waals surface area contributed by atoms with Gasteiger partial charge in [-0.2, -0.15) is 0 Å². The van der Waals surface area contributed by atoms with Crippen LogP contribution in [-0.2, 0) is 16.1 Å². The van der Waals surface area contributed by atoms with Gasteiger partial charge < -0.3 is 14.6 Å². The van der Waals surface area contributed by atoms with Gasteiger partial charge in [0.25, 0.3) is 0 Å². The monoisotopic (exact) mass is 411 g/mol. The van der Waals surface area contributed by atoms with Crippen LogP contribution in [0.2, 0.25) is 0 Å². The Morgan fingerprint density at radius 1 is 1.28 bits per heavy atom. The first-order valence-electron chi connectivity index (χ1n) is 9.39. The minimum absolute atomic E-state index is 0.0864. The lowest BCUT2D eigenvalue weighted by molar-refractivity contribution is -0.117. The number of amides is 2. The molecule has 0 radical (unpaired) electrons. The van der Waals surface area contributed by atoms with Crippen molar-refractivity contribution < 1.29 is 14.0 Å². The van der Waals surface area contributed by atoms with E-state index >= 15 is 0 Å². The normalized spacial score (nSPS) is 16.3. The number of hydrogen-bond acceptors (Lipinski definition) is 6. The Morgan fingerprint density at radius 3 is 2.86 bits per heavy atom. The Morgan fingerprint density at radius 2 is 2.10 bits per heavy atom. The highest BCUT2D eigenvalue weighted by molar-refractivity contribution is 7.99. The van der Waals surface area contributed by atoms with Crippen molar-refractivity contribution in [2.24, 2.45) is 0 Å². The second-order valence-corrected chi connectivity index (χ2v) is 7.64. The van der Waals surface area contributed by atoms with E-state index in [2.05, 4.69) is 15.5 Å². The lowest BCUT2D eigenvalue weighted by Crippen LogP contribution is -2.40. The van der Waals surface area contributed by atoms with E-state index < -0.39 is 0 Å². The van der Waals surface area contributed by atoms with Crippen molar-refractivity contribution in [3.05, 3.63) is 42.7 Å². The third-order valence-electron chi connectivity index (χ3n) is 4.73. The molecule has 0 spiro atoms. The van der Waals surface area contributed by atoms with Gasteiger partial charge in [0, 0.05) is 19.0 Å². The van der Waals surface area contributed by atoms with Gasteiger partial charge in [-0.15, -0.1) is 10.2 Å². The molecule has 0 unspecified atom stereocenters. The highest BCUT2D eigenvalue weighted by Crippen LogP contribution is 2.32. The molecule has 3 heterocycles. The molecule has 0 bridgehead atoms. The fourth-order valence-electron chi connectivity index (χ4n) is 3.43. The van der Waals surface area contributed by atoms with Gasteiger partial charge in [0.15, 0.2) is 16.7 Å². The molecule has 2 aromatic heterocycles. The molecule has 2 amide bonds. The topological polar surface area (TPSA) is 93.3 Å². The largest absolute Gasteiger partial charge is 0.461 e. The third-order valence-corrected chi connectivity index (χ3v) is 5.68. The number of carbonyl (C=O) groups is 2. The number of thioether (sulfide) groups is 1. The number of benzene rings is 1. The van der Waals surface area contributed by atoms with Gasteiger partial charge in [0.2, 0.25) is 11.8 Å². The van der Waals surface area contributed by atoms with Crippen molar-refractivity contribution in [2.45, 2.75) is 38.0 Å². The molecule has 0 saturated heterocycles. The maximum Gasteiger partial charge on any atom is 0.237 e. The molecule has 29 heavy (non-hydrogen) atoms. The molecule has 3 aromatic rings. The summed E-state index contributed by atoms with van der Waals surface area (Å²) in [7, 11) is 0. The molecule has 8 nitrogen and oxygen atoms in total. The zero-order valence-corrected chi connectivity index (χ0v) is 17.0. The summed E-state index contributed by atoms with van der Waals surface area (Å²) in [5.74, 6) is 1.27. The number of nitrogens with zero attached hydrogens (tertiary/aromatic N) is 4. The van der Waals surface area contributed by atoms with Crippen LogP contribution in [0.15, 0.2) is 52.2 Å². The Hall–Kier alpha value is -3.07. The predicted octanol–water partition coefficient (Wildman–Crippen LogP) is 3.41. The molecule has 9 heteroatoms. The molecule has 0 saturated carbocycles. The Labute approximate surface area is 172 Å². The van der Waals surface area contributed by atoms with Gasteiger partial charge in [-0.3, -0.25) is 14.2 Å². The average Bonchev–Trinajstić information content (AvgIpc) is 3.34. The van der Waals surface area contributed by atoms with Gasteiger partial charge >= 0.3 is 0 Å². The quantitative estimate of drug-likeness (QED) is 0.647. The fraction of sp³-hybridized carbons (Fsp3) is 0.300. The van der Waals surface area contributed by atoms with Crippen molar-refractivity contribution in [2.75, 3.05) is 16.0 Å². The maximum atomic E-state index is 13.1. The molecule has 0 fully saturated rings. The van der Waals surface area contributed by atoms with Crippen molar-refractivity contribution in [3.63, 3.8) is 0 Å². The van der Waals surface area contributed by atoms with Gasteiger partial charge in [0.1, 0.15) is 0 Å². The summed E-state index contributed by atoms with van der Waals surface area (Å²) in [5, 5.41) is 12.0. The first-order valence-corrected chi connectivity index (χ1v) is 10.4. The van der Waals surface area contributed by atoms with Crippen molar-refractivity contribution >= 4 is 35.0 Å². The third kappa shape index (κ3) is 3.77. The van der Waals surface area contributed by atoms with Crippen LogP contribution in [0.3, 0.4) is 0 Å². The molecule has 1 N–H and O–H groups in total. The molecule has 1 aromatic carbocycles. The summed E-state index contributed by atoms with van der Waals surface area (Å²) in [6.07, 6.45) is 1.84. The van der Waals surface area contributed by atoms with E-state index in [4.69, 9.17) is 4.42 Å². The molecular formula is C20H21N5O3S. The van der Waals surface area contributed by atoms with Gasteiger partial charge in [-0.05, 0) is 38.1 Å². The summed E-state index contributed by atoms with van der Waals surface area (Å²) in [6, 6.07) is 10.7. The Kier molecular flexibility index (Phi) is 5.39. The van der Waals surface area contributed by atoms with Gasteiger partial charge in [-0.25, -0.2) is 0 Å². The smallest absolute Gasteiger partial charge is 0.237 e. The van der Waals surface area contributed by atoms with E-state index in [1.807, 2.05) is 48.7 Å². The molecule has 1 aliphatic rings. The summed E-state index contributed by atoms with van der Waals surface area (Å²) in [5.41, 5.74) is 1.36. The summed E-state index contributed by atoms with van der Waals surface area (Å²) >= 11 is 1.33. The highest BCUT2D eigenvalue weighted by atomic mass is 32.2. The SMILES string of the molecule is CCn1c(SCC(=O)N2c3ccccc3NC(=O)C[C@@H]2C)nnc1-c1ccco1. The fourth-order valence-corrected chi connectivity index (χ4v) is 4.29. The number of carbonyl (C=O) groups excluding carboxylic acids is 2. The zero-order valence-electron chi connectivity index (χ0n) is 16.2. The summed E-state index contributed by atoms with van der Waals surface area (Å²) in [6.45, 7) is 4.53. The molecule has 1 atom stereocenters. The van der Waals surface area contributed by atoms with Crippen LogP contribution in [0, 0.1) is 0 Å². The Balaban J connectivity index is 1.55. The lowest BCUT2D eigenvalue weighted by atomic mass is 10.2. The lowest BCUT2D eigenvalue weighted by Gasteiger charge is -2.27. The standard InChI is InChI=1S/C20H21N5O3S/c1-3-24-19(16-9-6-10-28-16)22-23-20(24)29-12-18(27)25-13(2)11-17(26)21-14-7-4-5-8-15(14)25/h4-10,13H,3,11-12H2,1-2H3,(H,21,26)/t13-/m0/s1. The maximum absolute atomic E-state index is 13.1. The number of hydrogen-bond donors (Lipinski definition) is 1. The van der Waals surface area contributed by atoms with Crippen molar-refractivity contribution in [1.82, 2.24) is 14.8 Å². The van der Waals surface area contributed by atoms with E-state index in [0.717, 1.165) is 0 Å². The summed E-state index contributed by atoms with van der Waals surface area (Å²) in [4.78, 5) is 26.9. The van der Waals surface area contributed by atoms with Crippen LogP contribution in [0.25, 0.3) is 11.6 Å². The van der Waals surface area contributed by atoms with Gasteiger partial charge in [-0.1, -0.05) is 23.9 Å². The first-order chi connectivity index (χ1) is 14.1. The molecule has 150 valence electrons. The van der Waals surface area contributed by atoms with E-state index in [-0.39, 0.29) is 30.0 Å². The Bertz CT molecular complexity index is 1030. The number of fused-ring (bicyclic) bond motifs is 1. The van der Waals surface area contributed by atoms with Crippen LogP contribution in [0.1, 0.15) is 20.3 Å². The number of anilines is 2.